The van der Waals surface area contributed by atoms with Crippen LogP contribution in [0.2, 0.25) is 0 Å². The van der Waals surface area contributed by atoms with Crippen LogP contribution in [0.25, 0.3) is 0 Å². The Bertz CT molecular complexity index is 572. The van der Waals surface area contributed by atoms with Crippen LogP contribution in [0, 0.1) is 5.82 Å². The van der Waals surface area contributed by atoms with Gasteiger partial charge in [0.2, 0.25) is 0 Å². The zero-order valence-electron chi connectivity index (χ0n) is 11.2. The Kier molecular flexibility index (Phi) is 3.81. The maximum absolute atomic E-state index is 13.5. The van der Waals surface area contributed by atoms with Crippen LogP contribution < -0.4 is 5.32 Å². The summed E-state index contributed by atoms with van der Waals surface area (Å²) < 4.78 is 13.5. The monoisotopic (exact) mass is 271 g/mol. The van der Waals surface area contributed by atoms with Crippen LogP contribution >= 0.6 is 0 Å². The number of rotatable bonds is 5. The minimum absolute atomic E-state index is 0.350. The van der Waals surface area contributed by atoms with Crippen molar-refractivity contribution in [2.45, 2.75) is 24.5 Å². The molecular weight excluding hydrogens is 253 g/mol. The molecule has 0 radical (unpaired) electrons. The van der Waals surface area contributed by atoms with Crippen molar-refractivity contribution >= 4 is 0 Å². The van der Waals surface area contributed by atoms with Crippen molar-refractivity contribution < 1.29 is 9.50 Å². The van der Waals surface area contributed by atoms with Crippen molar-refractivity contribution in [3.8, 4) is 0 Å². The second-order valence-corrected chi connectivity index (χ2v) is 5.30. The van der Waals surface area contributed by atoms with E-state index in [0.717, 1.165) is 6.42 Å². The maximum atomic E-state index is 13.5. The zero-order chi connectivity index (χ0) is 13.9. The van der Waals surface area contributed by atoms with E-state index >= 15 is 0 Å². The van der Waals surface area contributed by atoms with E-state index in [9.17, 15) is 9.50 Å². The Morgan fingerprint density at radius 1 is 1.10 bits per heavy atom. The average Bonchev–Trinajstić information content (AvgIpc) is 3.26. The van der Waals surface area contributed by atoms with E-state index in [0.29, 0.717) is 24.1 Å². The van der Waals surface area contributed by atoms with Crippen LogP contribution in [0.4, 0.5) is 4.39 Å². The van der Waals surface area contributed by atoms with Crippen molar-refractivity contribution in [2.75, 3.05) is 6.54 Å². The van der Waals surface area contributed by atoms with Crippen molar-refractivity contribution in [3.63, 3.8) is 0 Å². The lowest BCUT2D eigenvalue weighted by molar-refractivity contribution is 0.169. The summed E-state index contributed by atoms with van der Waals surface area (Å²) in [4.78, 5) is 0. The quantitative estimate of drug-likeness (QED) is 0.876. The lowest BCUT2D eigenvalue weighted by Crippen LogP contribution is -2.25. The number of aliphatic hydroxyl groups excluding tert-OH is 1. The highest BCUT2D eigenvalue weighted by Crippen LogP contribution is 2.40. The molecule has 20 heavy (non-hydrogen) atoms. The molecule has 3 unspecified atom stereocenters. The van der Waals surface area contributed by atoms with Crippen LogP contribution in [0.3, 0.4) is 0 Å². The van der Waals surface area contributed by atoms with Gasteiger partial charge in [0.05, 0.1) is 6.10 Å². The molecule has 0 heterocycles. The second kappa shape index (κ2) is 5.73. The highest BCUT2D eigenvalue weighted by atomic mass is 19.1. The summed E-state index contributed by atoms with van der Waals surface area (Å²) in [6.07, 6.45) is 0.279. The summed E-state index contributed by atoms with van der Waals surface area (Å²) in [6.45, 7) is 0.384. The first kappa shape index (κ1) is 13.3. The normalized spacial score (nSPS) is 22.5. The summed E-state index contributed by atoms with van der Waals surface area (Å²) >= 11 is 0. The SMILES string of the molecule is OC(CNC1CC1c1ccccc1)c1ccccc1F. The summed E-state index contributed by atoms with van der Waals surface area (Å²) in [6, 6.07) is 17.1. The number of benzene rings is 2. The molecule has 0 amide bonds. The Morgan fingerprint density at radius 2 is 1.80 bits per heavy atom. The van der Waals surface area contributed by atoms with E-state index in [4.69, 9.17) is 0 Å². The Morgan fingerprint density at radius 3 is 2.55 bits per heavy atom. The van der Waals surface area contributed by atoms with Gasteiger partial charge in [0, 0.05) is 24.1 Å². The van der Waals surface area contributed by atoms with Crippen LogP contribution in [-0.4, -0.2) is 17.7 Å². The molecule has 0 aliphatic heterocycles. The standard InChI is InChI=1S/C17H18FNO/c18-15-9-5-4-8-13(15)17(20)11-19-16-10-14(16)12-6-2-1-3-7-12/h1-9,14,16-17,19-20H,10-11H2. The second-order valence-electron chi connectivity index (χ2n) is 5.30. The molecule has 1 saturated carbocycles. The molecule has 2 nitrogen and oxygen atoms in total. The van der Waals surface area contributed by atoms with Gasteiger partial charge in [-0.05, 0) is 18.1 Å². The van der Waals surface area contributed by atoms with Gasteiger partial charge in [0.25, 0.3) is 0 Å². The van der Waals surface area contributed by atoms with Gasteiger partial charge in [-0.3, -0.25) is 0 Å². The maximum Gasteiger partial charge on any atom is 0.129 e. The molecule has 0 spiro atoms. The molecule has 104 valence electrons. The average molecular weight is 271 g/mol. The highest BCUT2D eigenvalue weighted by molar-refractivity contribution is 5.28. The fourth-order valence-electron chi connectivity index (χ4n) is 2.61. The number of nitrogens with one attached hydrogen (secondary N) is 1. The Balaban J connectivity index is 1.53. The molecule has 1 fully saturated rings. The van der Waals surface area contributed by atoms with Crippen LogP contribution in [0.5, 0.6) is 0 Å². The largest absolute Gasteiger partial charge is 0.387 e. The molecular formula is C17H18FNO. The van der Waals surface area contributed by atoms with E-state index in [1.807, 2.05) is 18.2 Å². The molecule has 3 heteroatoms. The molecule has 1 aliphatic carbocycles. The van der Waals surface area contributed by atoms with Gasteiger partial charge in [-0.2, -0.15) is 0 Å². The third-order valence-electron chi connectivity index (χ3n) is 3.86. The molecule has 2 N–H and O–H groups in total. The molecule has 0 saturated heterocycles. The van der Waals surface area contributed by atoms with Gasteiger partial charge >= 0.3 is 0 Å². The van der Waals surface area contributed by atoms with Gasteiger partial charge in [-0.1, -0.05) is 48.5 Å². The van der Waals surface area contributed by atoms with E-state index < -0.39 is 6.10 Å². The lowest BCUT2D eigenvalue weighted by Gasteiger charge is -2.13. The highest BCUT2D eigenvalue weighted by Gasteiger charge is 2.38. The summed E-state index contributed by atoms with van der Waals surface area (Å²) in [5.41, 5.74) is 1.68. The summed E-state index contributed by atoms with van der Waals surface area (Å²) in [5.74, 6) is 0.168. The van der Waals surface area contributed by atoms with Gasteiger partial charge in [-0.25, -0.2) is 4.39 Å². The van der Waals surface area contributed by atoms with Gasteiger partial charge < -0.3 is 10.4 Å². The van der Waals surface area contributed by atoms with E-state index in [1.54, 1.807) is 18.2 Å². The van der Waals surface area contributed by atoms with Gasteiger partial charge in [-0.15, -0.1) is 0 Å². The topological polar surface area (TPSA) is 32.3 Å². The number of hydrogen-bond donors (Lipinski definition) is 2. The van der Waals surface area contributed by atoms with E-state index in [2.05, 4.69) is 17.4 Å². The molecule has 1 aliphatic rings. The molecule has 3 rings (SSSR count). The van der Waals surface area contributed by atoms with Crippen LogP contribution in [0.1, 0.15) is 29.6 Å². The Labute approximate surface area is 118 Å². The van der Waals surface area contributed by atoms with Crippen molar-refractivity contribution in [1.82, 2.24) is 5.32 Å². The van der Waals surface area contributed by atoms with Gasteiger partial charge in [0.15, 0.2) is 0 Å². The predicted molar refractivity (Wildman–Crippen MR) is 77.0 cm³/mol. The van der Waals surface area contributed by atoms with Crippen molar-refractivity contribution in [3.05, 3.63) is 71.5 Å². The van der Waals surface area contributed by atoms with Crippen LogP contribution in [-0.2, 0) is 0 Å². The van der Waals surface area contributed by atoms with Crippen LogP contribution in [0.15, 0.2) is 54.6 Å². The first-order valence-corrected chi connectivity index (χ1v) is 6.96. The third-order valence-corrected chi connectivity index (χ3v) is 3.86. The Hall–Kier alpha value is -1.71. The fraction of sp³-hybridized carbons (Fsp3) is 0.294. The first-order chi connectivity index (χ1) is 9.75. The lowest BCUT2D eigenvalue weighted by atomic mass is 10.1. The first-order valence-electron chi connectivity index (χ1n) is 6.96. The smallest absolute Gasteiger partial charge is 0.129 e. The van der Waals surface area contributed by atoms with E-state index in [-0.39, 0.29) is 5.82 Å². The predicted octanol–water partition coefficient (Wildman–Crippen LogP) is 3.00. The van der Waals surface area contributed by atoms with Gasteiger partial charge in [0.1, 0.15) is 5.82 Å². The molecule has 2 aromatic carbocycles. The number of hydrogen-bond acceptors (Lipinski definition) is 2. The zero-order valence-corrected chi connectivity index (χ0v) is 11.2. The molecule has 0 bridgehead atoms. The molecule has 2 aromatic rings. The van der Waals surface area contributed by atoms with Crippen molar-refractivity contribution in [2.24, 2.45) is 0 Å². The molecule has 3 atom stereocenters. The third kappa shape index (κ3) is 2.89. The summed E-state index contributed by atoms with van der Waals surface area (Å²) in [7, 11) is 0. The minimum atomic E-state index is -0.798. The van der Waals surface area contributed by atoms with E-state index in [1.165, 1.54) is 11.6 Å². The fourth-order valence-corrected chi connectivity index (χ4v) is 2.61. The minimum Gasteiger partial charge on any atom is -0.387 e. The van der Waals surface area contributed by atoms with Crippen molar-refractivity contribution in [1.29, 1.82) is 0 Å². The molecule has 0 aromatic heterocycles. The number of halogens is 1. The number of aliphatic hydroxyl groups is 1. The summed E-state index contributed by atoms with van der Waals surface area (Å²) in [5, 5.41) is 13.3.